The molecule has 0 atom stereocenters. The lowest BCUT2D eigenvalue weighted by Gasteiger charge is -2.07. The molecule has 2 nitrogen and oxygen atoms in total. The van der Waals surface area contributed by atoms with E-state index in [0.29, 0.717) is 16.7 Å². The van der Waals surface area contributed by atoms with Crippen molar-refractivity contribution in [1.29, 1.82) is 0 Å². The average molecular weight is 238 g/mol. The zero-order chi connectivity index (χ0) is 13.0. The molecule has 0 saturated carbocycles. The monoisotopic (exact) mass is 238 g/mol. The second-order valence-electron chi connectivity index (χ2n) is 4.08. The van der Waals surface area contributed by atoms with Crippen molar-refractivity contribution in [2.24, 2.45) is 0 Å². The number of benzene rings is 2. The van der Waals surface area contributed by atoms with Gasteiger partial charge in [-0.3, -0.25) is 9.59 Å². The average Bonchev–Trinajstić information content (AvgIpc) is 2.46. The second-order valence-corrected chi connectivity index (χ2v) is 4.08. The van der Waals surface area contributed by atoms with Gasteiger partial charge in [-0.25, -0.2) is 0 Å². The number of carbonyl (C=O) groups is 2. The highest BCUT2D eigenvalue weighted by atomic mass is 16.1. The molecule has 0 saturated heterocycles. The van der Waals surface area contributed by atoms with Gasteiger partial charge < -0.3 is 0 Å². The number of ketones is 1. The summed E-state index contributed by atoms with van der Waals surface area (Å²) in [5.41, 5.74) is 2.77. The fourth-order valence-corrected chi connectivity index (χ4v) is 1.93. The summed E-state index contributed by atoms with van der Waals surface area (Å²) in [5, 5.41) is 0. The summed E-state index contributed by atoms with van der Waals surface area (Å²) in [5.74, 6) is -0.0313. The molecule has 0 aliphatic rings. The molecule has 0 aliphatic carbocycles. The summed E-state index contributed by atoms with van der Waals surface area (Å²) in [6.45, 7) is 2.00. The number of rotatable bonds is 4. The van der Waals surface area contributed by atoms with Gasteiger partial charge in [-0.2, -0.15) is 0 Å². The Hall–Kier alpha value is -2.22. The van der Waals surface area contributed by atoms with Gasteiger partial charge >= 0.3 is 0 Å². The lowest BCUT2D eigenvalue weighted by molar-refractivity contribution is 0.103. The van der Waals surface area contributed by atoms with Crippen LogP contribution in [0, 0.1) is 0 Å². The van der Waals surface area contributed by atoms with E-state index in [-0.39, 0.29) is 5.78 Å². The number of aldehydes is 1. The van der Waals surface area contributed by atoms with Crippen LogP contribution in [0.1, 0.15) is 38.8 Å². The number of hydrogen-bond acceptors (Lipinski definition) is 2. The normalized spacial score (nSPS) is 10.1. The predicted octanol–water partition coefficient (Wildman–Crippen LogP) is 3.29. The van der Waals surface area contributed by atoms with Crippen molar-refractivity contribution in [3.05, 3.63) is 70.8 Å². The Kier molecular flexibility index (Phi) is 3.68. The summed E-state index contributed by atoms with van der Waals surface area (Å²) in [7, 11) is 0. The van der Waals surface area contributed by atoms with Crippen molar-refractivity contribution < 1.29 is 9.59 Å². The minimum Gasteiger partial charge on any atom is -0.298 e. The molecule has 0 radical (unpaired) electrons. The second kappa shape index (κ2) is 5.41. The van der Waals surface area contributed by atoms with Crippen LogP contribution >= 0.6 is 0 Å². The van der Waals surface area contributed by atoms with Gasteiger partial charge in [-0.05, 0) is 18.1 Å². The Morgan fingerprint density at radius 3 is 2.44 bits per heavy atom. The summed E-state index contributed by atoms with van der Waals surface area (Å²) >= 11 is 0. The molecule has 0 unspecified atom stereocenters. The Morgan fingerprint density at radius 2 is 1.83 bits per heavy atom. The van der Waals surface area contributed by atoms with Gasteiger partial charge in [0.25, 0.3) is 0 Å². The molecular formula is C16H14O2. The van der Waals surface area contributed by atoms with Crippen molar-refractivity contribution >= 4 is 12.1 Å². The Bertz CT molecular complexity index is 571. The van der Waals surface area contributed by atoms with Crippen molar-refractivity contribution in [1.82, 2.24) is 0 Å². The van der Waals surface area contributed by atoms with E-state index in [4.69, 9.17) is 0 Å². The van der Waals surface area contributed by atoms with E-state index in [1.165, 1.54) is 0 Å². The largest absolute Gasteiger partial charge is 0.298 e. The SMILES string of the molecule is CCc1ccc(C=O)cc1C(=O)c1ccccc1. The molecule has 2 heteroatoms. The topological polar surface area (TPSA) is 34.1 Å². The highest BCUT2D eigenvalue weighted by Crippen LogP contribution is 2.16. The zero-order valence-corrected chi connectivity index (χ0v) is 10.2. The van der Waals surface area contributed by atoms with Gasteiger partial charge in [0, 0.05) is 16.7 Å². The van der Waals surface area contributed by atoms with Crippen LogP contribution in [0.2, 0.25) is 0 Å². The van der Waals surface area contributed by atoms with Gasteiger partial charge in [-0.1, -0.05) is 49.4 Å². The Balaban J connectivity index is 2.49. The Labute approximate surface area is 106 Å². The molecule has 0 bridgehead atoms. The van der Waals surface area contributed by atoms with Crippen LogP contribution in [0.4, 0.5) is 0 Å². The lowest BCUT2D eigenvalue weighted by Crippen LogP contribution is -2.06. The van der Waals surface area contributed by atoms with Gasteiger partial charge in [0.15, 0.2) is 5.78 Å². The maximum atomic E-state index is 12.4. The molecule has 90 valence electrons. The highest BCUT2D eigenvalue weighted by Gasteiger charge is 2.13. The quantitative estimate of drug-likeness (QED) is 0.605. The molecule has 2 rings (SSSR count). The minimum absolute atomic E-state index is 0.0313. The molecule has 0 N–H and O–H groups in total. The van der Waals surface area contributed by atoms with Crippen molar-refractivity contribution in [3.8, 4) is 0 Å². The molecule has 18 heavy (non-hydrogen) atoms. The van der Waals surface area contributed by atoms with Gasteiger partial charge in [0.2, 0.25) is 0 Å². The van der Waals surface area contributed by atoms with Gasteiger partial charge in [-0.15, -0.1) is 0 Å². The molecule has 0 aromatic heterocycles. The van der Waals surface area contributed by atoms with Crippen LogP contribution in [-0.4, -0.2) is 12.1 Å². The van der Waals surface area contributed by atoms with E-state index in [0.717, 1.165) is 18.3 Å². The van der Waals surface area contributed by atoms with Gasteiger partial charge in [0.1, 0.15) is 6.29 Å². The van der Waals surface area contributed by atoms with Crippen LogP contribution < -0.4 is 0 Å². The summed E-state index contributed by atoms with van der Waals surface area (Å²) < 4.78 is 0. The number of hydrogen-bond donors (Lipinski definition) is 0. The maximum Gasteiger partial charge on any atom is 0.193 e. The first-order valence-electron chi connectivity index (χ1n) is 5.94. The fourth-order valence-electron chi connectivity index (χ4n) is 1.93. The molecule has 2 aromatic rings. The summed E-state index contributed by atoms with van der Waals surface area (Å²) in [6, 6.07) is 14.4. The first-order valence-corrected chi connectivity index (χ1v) is 5.94. The number of aryl methyl sites for hydroxylation is 1. The van der Waals surface area contributed by atoms with Gasteiger partial charge in [0.05, 0.1) is 0 Å². The van der Waals surface area contributed by atoms with Crippen LogP contribution in [0.15, 0.2) is 48.5 Å². The van der Waals surface area contributed by atoms with Crippen LogP contribution in [0.25, 0.3) is 0 Å². The van der Waals surface area contributed by atoms with Crippen LogP contribution in [0.3, 0.4) is 0 Å². The van der Waals surface area contributed by atoms with Crippen molar-refractivity contribution in [2.75, 3.05) is 0 Å². The molecular weight excluding hydrogens is 224 g/mol. The predicted molar refractivity (Wildman–Crippen MR) is 71.1 cm³/mol. The standard InChI is InChI=1S/C16H14O2/c1-2-13-9-8-12(11-17)10-15(13)16(18)14-6-4-3-5-7-14/h3-11H,2H2,1H3. The first kappa shape index (κ1) is 12.2. The van der Waals surface area contributed by atoms with E-state index in [1.54, 1.807) is 24.3 Å². The lowest BCUT2D eigenvalue weighted by atomic mass is 9.95. The Morgan fingerprint density at radius 1 is 1.11 bits per heavy atom. The summed E-state index contributed by atoms with van der Waals surface area (Å²) in [4.78, 5) is 23.2. The highest BCUT2D eigenvalue weighted by molar-refractivity contribution is 6.10. The number of carbonyl (C=O) groups excluding carboxylic acids is 2. The maximum absolute atomic E-state index is 12.4. The van der Waals surface area contributed by atoms with Crippen LogP contribution in [-0.2, 0) is 6.42 Å². The third kappa shape index (κ3) is 2.38. The molecule has 0 fully saturated rings. The third-order valence-electron chi connectivity index (χ3n) is 2.93. The molecule has 0 spiro atoms. The van der Waals surface area contributed by atoms with E-state index in [1.807, 2.05) is 31.2 Å². The molecule has 2 aromatic carbocycles. The van der Waals surface area contributed by atoms with Crippen molar-refractivity contribution in [2.45, 2.75) is 13.3 Å². The summed E-state index contributed by atoms with van der Waals surface area (Å²) in [6.07, 6.45) is 1.54. The minimum atomic E-state index is -0.0313. The zero-order valence-electron chi connectivity index (χ0n) is 10.2. The molecule has 0 amide bonds. The van der Waals surface area contributed by atoms with Crippen LogP contribution in [0.5, 0.6) is 0 Å². The van der Waals surface area contributed by atoms with Crippen molar-refractivity contribution in [3.63, 3.8) is 0 Å². The van der Waals surface area contributed by atoms with E-state index in [2.05, 4.69) is 0 Å². The van der Waals surface area contributed by atoms with E-state index in [9.17, 15) is 9.59 Å². The first-order chi connectivity index (χ1) is 8.76. The molecule has 0 heterocycles. The third-order valence-corrected chi connectivity index (χ3v) is 2.93. The fraction of sp³-hybridized carbons (Fsp3) is 0.125. The smallest absolute Gasteiger partial charge is 0.193 e. The van der Waals surface area contributed by atoms with E-state index >= 15 is 0 Å². The molecule has 0 aliphatic heterocycles. The van der Waals surface area contributed by atoms with E-state index < -0.39 is 0 Å².